The third kappa shape index (κ3) is 10.9. The average molecular weight is 766 g/mol. The van der Waals surface area contributed by atoms with Gasteiger partial charge in [0.05, 0.1) is 54.4 Å². The number of methoxy groups -OCH3 is 2. The first-order valence-corrected chi connectivity index (χ1v) is 16.4. The number of hydrogen-bond acceptors (Lipinski definition) is 11. The first-order valence-electron chi connectivity index (χ1n) is 13.7. The molecule has 2 aromatic carbocycles. The van der Waals surface area contributed by atoms with Crippen LogP contribution in [-0.2, 0) is 9.59 Å². The number of ether oxygens (including phenoxy) is 2. The van der Waals surface area contributed by atoms with E-state index < -0.39 is 0 Å². The van der Waals surface area contributed by atoms with Crippen molar-refractivity contribution in [2.75, 3.05) is 36.5 Å². The van der Waals surface area contributed by atoms with Crippen molar-refractivity contribution in [2.24, 2.45) is 0 Å². The molecule has 7 N–H and O–H groups in total. The Morgan fingerprint density at radius 3 is 1.94 bits per heavy atom. The number of benzene rings is 2. The van der Waals surface area contributed by atoms with Crippen LogP contribution in [0.15, 0.2) is 66.1 Å². The first kappa shape index (κ1) is 37.1. The maximum Gasteiger partial charge on any atom is 0.239 e. The van der Waals surface area contributed by atoms with Gasteiger partial charge in [0.2, 0.25) is 11.8 Å². The summed E-state index contributed by atoms with van der Waals surface area (Å²) in [4.78, 5) is 44.0. The number of aromatic hydroxyl groups is 2. The fraction of sp³-hybridized carbons (Fsp3) is 0.133. The molecule has 0 aliphatic rings. The lowest BCUT2D eigenvalue weighted by Gasteiger charge is -2.07. The van der Waals surface area contributed by atoms with E-state index in [-0.39, 0.29) is 34.9 Å². The standard InChI is InChI=1S/C15H13ClN4O3S.C9H10ClNO3.C6H4ClN3S/c1-23-12-3-2-8(4-11(12)21)18-14(22)7-24-15-19-9-5-13(16)17-6-10(9)20-15;1-14-8-3-2-6(4-7(8)12)11-9(13)5-10;7-5-1-3-4(2-8-5)10-6(11)9-3/h2-6,21H,7H2,1H3,(H,18,22)(H,19,20);2-4,12H,5H2,1H3,(H,11,13);1-2H,(H2,9,10,11). The molecule has 19 heteroatoms. The number of carbonyl (C=O) groups excluding carboxylic acids is 2. The Labute approximate surface area is 302 Å². The average Bonchev–Trinajstić information content (AvgIpc) is 3.65. The van der Waals surface area contributed by atoms with Gasteiger partial charge in [0.15, 0.2) is 32.9 Å². The zero-order valence-corrected chi connectivity index (χ0v) is 29.4. The lowest BCUT2D eigenvalue weighted by atomic mass is 10.3. The van der Waals surface area contributed by atoms with Crippen molar-refractivity contribution in [1.82, 2.24) is 29.9 Å². The summed E-state index contributed by atoms with van der Waals surface area (Å²) >= 11 is 22.9. The van der Waals surface area contributed by atoms with Crippen LogP contribution in [0.1, 0.15) is 0 Å². The van der Waals surface area contributed by atoms with Gasteiger partial charge in [-0.1, -0.05) is 35.0 Å². The Morgan fingerprint density at radius 2 is 1.37 bits per heavy atom. The van der Waals surface area contributed by atoms with Crippen molar-refractivity contribution in [2.45, 2.75) is 5.16 Å². The van der Waals surface area contributed by atoms with Gasteiger partial charge in [-0.3, -0.25) is 9.59 Å². The number of anilines is 2. The number of thioether (sulfide) groups is 1. The molecular weight excluding hydrogens is 739 g/mol. The molecule has 0 saturated heterocycles. The van der Waals surface area contributed by atoms with E-state index in [0.717, 1.165) is 16.6 Å². The van der Waals surface area contributed by atoms with Crippen molar-refractivity contribution in [1.29, 1.82) is 0 Å². The molecule has 0 aliphatic heterocycles. The van der Waals surface area contributed by atoms with E-state index in [2.05, 4.69) is 40.5 Å². The van der Waals surface area contributed by atoms with Crippen molar-refractivity contribution in [3.8, 4) is 23.0 Å². The Morgan fingerprint density at radius 1 is 0.816 bits per heavy atom. The minimum absolute atomic E-state index is 0.0279. The second-order valence-electron chi connectivity index (χ2n) is 9.49. The minimum atomic E-state index is -0.323. The second kappa shape index (κ2) is 17.6. The van der Waals surface area contributed by atoms with Gasteiger partial charge in [0.1, 0.15) is 16.2 Å². The van der Waals surface area contributed by atoms with Crippen LogP contribution in [0.4, 0.5) is 11.4 Å². The Hall–Kier alpha value is -4.74. The van der Waals surface area contributed by atoms with Crippen LogP contribution in [0.5, 0.6) is 23.0 Å². The SMILES string of the molecule is COc1ccc(NC(=O)CCl)cc1O.COc1ccc(NC(=O)CSc2nc3cc(Cl)ncc3[nH]2)cc1O.S=c1[nH]c2cnc(Cl)cc2[nH]1. The lowest BCUT2D eigenvalue weighted by molar-refractivity contribution is -0.114. The summed E-state index contributed by atoms with van der Waals surface area (Å²) in [5, 5.41) is 25.7. The largest absolute Gasteiger partial charge is 0.504 e. The molecule has 6 aromatic rings. The number of aromatic amines is 3. The van der Waals surface area contributed by atoms with Crippen LogP contribution in [-0.4, -0.2) is 77.8 Å². The van der Waals surface area contributed by atoms with Crippen molar-refractivity contribution in [3.05, 3.63) is 76.0 Å². The molecule has 0 unspecified atom stereocenters. The van der Waals surface area contributed by atoms with E-state index in [0.29, 0.717) is 48.6 Å². The number of alkyl halides is 1. The van der Waals surface area contributed by atoms with E-state index in [1.165, 1.54) is 38.1 Å². The number of nitrogens with zero attached hydrogens (tertiary/aromatic N) is 3. The van der Waals surface area contributed by atoms with E-state index >= 15 is 0 Å². The molecule has 4 heterocycles. The molecule has 6 rings (SSSR count). The summed E-state index contributed by atoms with van der Waals surface area (Å²) in [6, 6.07) is 12.6. The molecule has 0 fully saturated rings. The van der Waals surface area contributed by atoms with E-state index in [4.69, 9.17) is 56.5 Å². The van der Waals surface area contributed by atoms with Crippen LogP contribution in [0.3, 0.4) is 0 Å². The fourth-order valence-electron chi connectivity index (χ4n) is 3.90. The third-order valence-electron chi connectivity index (χ3n) is 6.07. The number of rotatable bonds is 8. The van der Waals surface area contributed by atoms with Gasteiger partial charge in [-0.25, -0.2) is 15.0 Å². The van der Waals surface area contributed by atoms with Crippen LogP contribution >= 0.6 is 58.8 Å². The van der Waals surface area contributed by atoms with Gasteiger partial charge in [-0.05, 0) is 36.5 Å². The summed E-state index contributed by atoms with van der Waals surface area (Å²) in [5.41, 5.74) is 4.17. The van der Waals surface area contributed by atoms with Crippen molar-refractivity contribution >= 4 is 104 Å². The minimum Gasteiger partial charge on any atom is -0.504 e. The van der Waals surface area contributed by atoms with Gasteiger partial charge >= 0.3 is 0 Å². The van der Waals surface area contributed by atoms with Gasteiger partial charge < -0.3 is 45.3 Å². The topological polar surface area (TPSA) is 203 Å². The number of halogens is 3. The summed E-state index contributed by atoms with van der Waals surface area (Å²) < 4.78 is 10.4. The molecule has 49 heavy (non-hydrogen) atoms. The molecule has 14 nitrogen and oxygen atoms in total. The van der Waals surface area contributed by atoms with Crippen molar-refractivity contribution < 1.29 is 29.3 Å². The number of amides is 2. The number of imidazole rings is 2. The summed E-state index contributed by atoms with van der Waals surface area (Å²) in [5.74, 6) is 0.133. The highest BCUT2D eigenvalue weighted by molar-refractivity contribution is 7.99. The first-order chi connectivity index (χ1) is 23.5. The van der Waals surface area contributed by atoms with Crippen LogP contribution < -0.4 is 20.1 Å². The lowest BCUT2D eigenvalue weighted by Crippen LogP contribution is -2.14. The molecule has 0 aliphatic carbocycles. The highest BCUT2D eigenvalue weighted by Gasteiger charge is 2.10. The number of H-pyrrole nitrogens is 3. The van der Waals surface area contributed by atoms with Gasteiger partial charge in [-0.15, -0.1) is 11.6 Å². The molecule has 0 spiro atoms. The van der Waals surface area contributed by atoms with E-state index in [9.17, 15) is 19.8 Å². The van der Waals surface area contributed by atoms with E-state index in [1.54, 1.807) is 48.8 Å². The summed E-state index contributed by atoms with van der Waals surface area (Å²) in [6.45, 7) is 0. The summed E-state index contributed by atoms with van der Waals surface area (Å²) in [7, 11) is 2.91. The van der Waals surface area contributed by atoms with E-state index in [1.807, 2.05) is 0 Å². The third-order valence-corrected chi connectivity index (χ3v) is 7.80. The summed E-state index contributed by atoms with van der Waals surface area (Å²) in [6.07, 6.45) is 3.24. The second-order valence-corrected chi connectivity index (χ2v) is 11.9. The molecular formula is C30H27Cl3N8O6S2. The number of nitrogens with one attached hydrogen (secondary N) is 5. The van der Waals surface area contributed by atoms with Crippen LogP contribution in [0.25, 0.3) is 22.1 Å². The molecule has 2 amide bonds. The molecule has 0 radical (unpaired) electrons. The monoisotopic (exact) mass is 764 g/mol. The molecule has 256 valence electrons. The highest BCUT2D eigenvalue weighted by atomic mass is 35.5. The highest BCUT2D eigenvalue weighted by Crippen LogP contribution is 2.29. The number of aromatic nitrogens is 6. The normalized spacial score (nSPS) is 10.4. The molecule has 0 atom stereocenters. The van der Waals surface area contributed by atoms with Gasteiger partial charge in [0, 0.05) is 35.6 Å². The maximum atomic E-state index is 12.0. The van der Waals surface area contributed by atoms with Gasteiger partial charge in [-0.2, -0.15) is 0 Å². The molecule has 0 saturated carbocycles. The smallest absolute Gasteiger partial charge is 0.239 e. The fourth-order valence-corrected chi connectivity index (χ4v) is 5.18. The van der Waals surface area contributed by atoms with Crippen LogP contribution in [0, 0.1) is 4.77 Å². The molecule has 0 bridgehead atoms. The number of fused-ring (bicyclic) bond motifs is 2. The number of phenols is 2. The number of pyridine rings is 2. The predicted molar refractivity (Wildman–Crippen MR) is 193 cm³/mol. The number of carbonyl (C=O) groups is 2. The quantitative estimate of drug-likeness (QED) is 0.0367. The Kier molecular flexibility index (Phi) is 13.3. The zero-order valence-electron chi connectivity index (χ0n) is 25.5. The Balaban J connectivity index is 0.000000183. The Bertz CT molecular complexity index is 2140. The maximum absolute atomic E-state index is 12.0. The zero-order chi connectivity index (χ0) is 35.5. The number of phenolic OH excluding ortho intramolecular Hbond substituents is 2. The van der Waals surface area contributed by atoms with Crippen molar-refractivity contribution in [3.63, 3.8) is 0 Å². The van der Waals surface area contributed by atoms with Gasteiger partial charge in [0.25, 0.3) is 0 Å². The van der Waals surface area contributed by atoms with Crippen LogP contribution in [0.2, 0.25) is 10.3 Å². The number of hydrogen-bond donors (Lipinski definition) is 7. The predicted octanol–water partition coefficient (Wildman–Crippen LogP) is 6.91. The molecule has 4 aromatic heterocycles.